The van der Waals surface area contributed by atoms with Gasteiger partial charge in [0.05, 0.1) is 11.0 Å². The van der Waals surface area contributed by atoms with Crippen molar-refractivity contribution in [3.05, 3.63) is 49.0 Å². The molecule has 0 bridgehead atoms. The van der Waals surface area contributed by atoms with Crippen LogP contribution in [0.2, 0.25) is 0 Å². The maximum atomic E-state index is 12.6. The van der Waals surface area contributed by atoms with Crippen LogP contribution in [0.15, 0.2) is 21.6 Å². The lowest BCUT2D eigenvalue weighted by molar-refractivity contribution is 0.509. The molecule has 1 N–H and O–H groups in total. The molecular weight excluding hydrogens is 338 g/mol. The van der Waals surface area contributed by atoms with Crippen LogP contribution in [-0.2, 0) is 12.8 Å². The first-order chi connectivity index (χ1) is 11.7. The molecule has 4 nitrogen and oxygen atoms in total. The molecule has 0 spiro atoms. The molecule has 3 heterocycles. The molecule has 0 aliphatic heterocycles. The van der Waals surface area contributed by atoms with Crippen LogP contribution < -0.4 is 5.56 Å². The highest BCUT2D eigenvalue weighted by molar-refractivity contribution is 7.18. The second-order valence-electron chi connectivity index (χ2n) is 6.17. The van der Waals surface area contributed by atoms with Crippen molar-refractivity contribution in [2.75, 3.05) is 0 Å². The predicted molar refractivity (Wildman–Crippen MR) is 99.2 cm³/mol. The van der Waals surface area contributed by atoms with Crippen molar-refractivity contribution >= 4 is 44.5 Å². The predicted octanol–water partition coefficient (Wildman–Crippen LogP) is 4.24. The summed E-state index contributed by atoms with van der Waals surface area (Å²) in [5, 5.41) is 14.1. The molecule has 0 aromatic carbocycles. The summed E-state index contributed by atoms with van der Waals surface area (Å²) in [6.45, 7) is 2.24. The maximum absolute atomic E-state index is 12.6. The Morgan fingerprint density at radius 3 is 3.17 bits per heavy atom. The number of hydrogen-bond donors (Lipinski definition) is 1. The van der Waals surface area contributed by atoms with Gasteiger partial charge in [0.2, 0.25) is 0 Å². The fourth-order valence-electron chi connectivity index (χ4n) is 3.15. The molecule has 1 atom stereocenters. The van der Waals surface area contributed by atoms with Crippen molar-refractivity contribution < 1.29 is 0 Å². The van der Waals surface area contributed by atoms with Crippen LogP contribution in [0.4, 0.5) is 0 Å². The highest BCUT2D eigenvalue weighted by atomic mass is 32.1. The van der Waals surface area contributed by atoms with E-state index in [-0.39, 0.29) is 5.56 Å². The number of rotatable bonds is 2. The van der Waals surface area contributed by atoms with Crippen molar-refractivity contribution in [2.45, 2.75) is 26.2 Å². The van der Waals surface area contributed by atoms with Gasteiger partial charge in [-0.25, -0.2) is 4.98 Å². The number of hydrogen-bond acceptors (Lipinski definition) is 5. The van der Waals surface area contributed by atoms with Gasteiger partial charge < -0.3 is 4.98 Å². The zero-order valence-electron chi connectivity index (χ0n) is 13.1. The smallest absolute Gasteiger partial charge is 0.260 e. The zero-order chi connectivity index (χ0) is 16.7. The number of nitrogens with zero attached hydrogens (tertiary/aromatic N) is 2. The molecule has 0 fully saturated rings. The molecule has 0 saturated carbocycles. The Bertz CT molecular complexity index is 1030. The number of fused-ring (bicyclic) bond motifs is 3. The largest absolute Gasteiger partial charge is 0.305 e. The van der Waals surface area contributed by atoms with Crippen molar-refractivity contribution in [3.63, 3.8) is 0 Å². The average Bonchev–Trinajstić information content (AvgIpc) is 3.18. The molecule has 0 amide bonds. The summed E-state index contributed by atoms with van der Waals surface area (Å²) in [5.41, 5.74) is 2.35. The van der Waals surface area contributed by atoms with Crippen LogP contribution in [0, 0.1) is 17.2 Å². The minimum atomic E-state index is -0.131. The van der Waals surface area contributed by atoms with E-state index in [0.29, 0.717) is 17.3 Å². The van der Waals surface area contributed by atoms with E-state index < -0.39 is 0 Å². The van der Waals surface area contributed by atoms with Crippen LogP contribution >= 0.6 is 22.7 Å². The number of aryl methyl sites for hydroxylation is 1. The van der Waals surface area contributed by atoms with E-state index in [2.05, 4.69) is 23.0 Å². The second kappa shape index (κ2) is 6.00. The lowest BCUT2D eigenvalue weighted by atomic mass is 9.89. The van der Waals surface area contributed by atoms with Gasteiger partial charge in [0.1, 0.15) is 10.9 Å². The van der Waals surface area contributed by atoms with E-state index in [0.717, 1.165) is 40.6 Å². The number of aromatic amines is 1. The van der Waals surface area contributed by atoms with Crippen LogP contribution in [-0.4, -0.2) is 9.97 Å². The van der Waals surface area contributed by atoms with Crippen LogP contribution in [0.5, 0.6) is 0 Å². The molecule has 1 aliphatic rings. The summed E-state index contributed by atoms with van der Waals surface area (Å²) in [5.74, 6) is 1.00. The number of thiophene rings is 2. The van der Waals surface area contributed by atoms with Gasteiger partial charge in [-0.15, -0.1) is 11.3 Å². The van der Waals surface area contributed by atoms with Gasteiger partial charge in [0.15, 0.2) is 5.82 Å². The van der Waals surface area contributed by atoms with Gasteiger partial charge in [-0.05, 0) is 59.2 Å². The minimum Gasteiger partial charge on any atom is -0.305 e. The highest BCUT2D eigenvalue weighted by Crippen LogP contribution is 2.35. The van der Waals surface area contributed by atoms with Gasteiger partial charge in [-0.2, -0.15) is 16.6 Å². The Balaban J connectivity index is 1.87. The third-order valence-corrected chi connectivity index (χ3v) is 6.24. The fraction of sp³-hybridized carbons (Fsp3) is 0.278. The summed E-state index contributed by atoms with van der Waals surface area (Å²) in [7, 11) is 0. The van der Waals surface area contributed by atoms with Gasteiger partial charge in [0.25, 0.3) is 5.56 Å². The van der Waals surface area contributed by atoms with E-state index in [1.54, 1.807) is 28.7 Å². The molecule has 6 heteroatoms. The monoisotopic (exact) mass is 353 g/mol. The summed E-state index contributed by atoms with van der Waals surface area (Å²) >= 11 is 3.17. The third kappa shape index (κ3) is 2.60. The molecule has 120 valence electrons. The maximum Gasteiger partial charge on any atom is 0.260 e. The van der Waals surface area contributed by atoms with Crippen molar-refractivity contribution in [1.29, 1.82) is 5.26 Å². The average molecular weight is 353 g/mol. The first kappa shape index (κ1) is 15.3. The van der Waals surface area contributed by atoms with Crippen LogP contribution in [0.3, 0.4) is 0 Å². The number of nitriles is 1. The van der Waals surface area contributed by atoms with E-state index in [9.17, 15) is 10.1 Å². The lowest BCUT2D eigenvalue weighted by Crippen LogP contribution is -2.14. The van der Waals surface area contributed by atoms with Crippen molar-refractivity contribution in [1.82, 2.24) is 9.97 Å². The molecule has 0 saturated heterocycles. The molecule has 0 radical (unpaired) electrons. The quantitative estimate of drug-likeness (QED) is 0.701. The molecule has 0 unspecified atom stereocenters. The summed E-state index contributed by atoms with van der Waals surface area (Å²) in [6.07, 6.45) is 4.83. The number of H-pyrrole nitrogens is 1. The Morgan fingerprint density at radius 1 is 1.54 bits per heavy atom. The third-order valence-electron chi connectivity index (χ3n) is 4.40. The Labute approximate surface area is 147 Å². The standard InChI is InChI=1S/C18H15N3OS2/c1-10-2-3-13-14(6-10)24-18-15(13)17(22)20-16(21-18)12(8-19)7-11-4-5-23-9-11/h4-5,7,9-10H,2-3,6H2,1H3,(H,20,21,22)/b12-7+/t10-/m0/s1. The zero-order valence-corrected chi connectivity index (χ0v) is 14.8. The normalized spacial score (nSPS) is 17.7. The van der Waals surface area contributed by atoms with Crippen molar-refractivity contribution in [2.24, 2.45) is 5.92 Å². The second-order valence-corrected chi connectivity index (χ2v) is 8.04. The number of allylic oxidation sites excluding steroid dienone is 1. The first-order valence-electron chi connectivity index (χ1n) is 7.84. The van der Waals surface area contributed by atoms with E-state index >= 15 is 0 Å². The van der Waals surface area contributed by atoms with Crippen LogP contribution in [0.25, 0.3) is 21.9 Å². The summed E-state index contributed by atoms with van der Waals surface area (Å²) < 4.78 is 0. The van der Waals surface area contributed by atoms with Gasteiger partial charge in [0, 0.05) is 4.88 Å². The van der Waals surface area contributed by atoms with Crippen molar-refractivity contribution in [3.8, 4) is 6.07 Å². The molecule has 1 aliphatic carbocycles. The minimum absolute atomic E-state index is 0.131. The Morgan fingerprint density at radius 2 is 2.42 bits per heavy atom. The number of aromatic nitrogens is 2. The molecule has 3 aromatic rings. The van der Waals surface area contributed by atoms with E-state index in [1.165, 1.54) is 4.88 Å². The van der Waals surface area contributed by atoms with Gasteiger partial charge in [-0.1, -0.05) is 6.92 Å². The molecule has 4 rings (SSSR count). The number of nitrogens with one attached hydrogen (secondary N) is 1. The van der Waals surface area contributed by atoms with E-state index in [1.807, 2.05) is 16.8 Å². The Hall–Kier alpha value is -2.23. The van der Waals surface area contributed by atoms with E-state index in [4.69, 9.17) is 0 Å². The fourth-order valence-corrected chi connectivity index (χ4v) is 5.16. The molecular formula is C18H15N3OS2. The first-order valence-corrected chi connectivity index (χ1v) is 9.60. The molecule has 24 heavy (non-hydrogen) atoms. The van der Waals surface area contributed by atoms with Gasteiger partial charge in [-0.3, -0.25) is 4.79 Å². The van der Waals surface area contributed by atoms with Crippen LogP contribution in [0.1, 0.15) is 35.2 Å². The summed E-state index contributed by atoms with van der Waals surface area (Å²) in [6, 6.07) is 4.09. The lowest BCUT2D eigenvalue weighted by Gasteiger charge is -2.17. The van der Waals surface area contributed by atoms with Gasteiger partial charge >= 0.3 is 0 Å². The summed E-state index contributed by atoms with van der Waals surface area (Å²) in [4.78, 5) is 22.0. The Kier molecular flexibility index (Phi) is 3.83. The SMILES string of the molecule is C[C@H]1CCc2c(sc3nc(/C(C#N)=C/c4ccsc4)[nH]c(=O)c23)C1. The molecule has 3 aromatic heterocycles. The highest BCUT2D eigenvalue weighted by Gasteiger charge is 2.23. The topological polar surface area (TPSA) is 69.5 Å².